The minimum atomic E-state index is -0.538. The minimum Gasteiger partial charge on any atom is -0.488 e. The standard InChI is InChI=1S/C37H42BN3O5/c1-35(2,3)44-34(42)41-26-12-8-23(17-26)32(41)33-39-29-15-10-21(18-30(29)40-33)22-9-13-28-27-14-11-25(16-24(27)20-43-31(28)19-22)38-45-36(4,5)37(6,7)46-38/h9-11,13-16,18-19,23,26,32H,8,12,17,20H2,1-7H3,(H,39,40)/t23-,26-,32-/m1/s1. The number of imidazole rings is 1. The number of fused-ring (bicyclic) bond motifs is 6. The van der Waals surface area contributed by atoms with Crippen molar-refractivity contribution < 1.29 is 23.6 Å². The lowest BCUT2D eigenvalue weighted by molar-refractivity contribution is 0.00578. The van der Waals surface area contributed by atoms with Crippen LogP contribution in [-0.4, -0.2) is 50.9 Å². The van der Waals surface area contributed by atoms with E-state index in [0.717, 1.165) is 69.6 Å². The molecule has 0 unspecified atom stereocenters. The van der Waals surface area contributed by atoms with Gasteiger partial charge in [0.15, 0.2) is 0 Å². The van der Waals surface area contributed by atoms with E-state index >= 15 is 0 Å². The predicted octanol–water partition coefficient (Wildman–Crippen LogP) is 7.55. The van der Waals surface area contributed by atoms with E-state index in [9.17, 15) is 4.79 Å². The molecule has 2 saturated heterocycles. The average Bonchev–Trinajstić information content (AvgIpc) is 3.76. The van der Waals surface area contributed by atoms with Crippen molar-refractivity contribution in [1.82, 2.24) is 14.9 Å². The molecule has 1 saturated carbocycles. The molecule has 46 heavy (non-hydrogen) atoms. The molecule has 8 nitrogen and oxygen atoms in total. The number of nitrogens with zero attached hydrogens (tertiary/aromatic N) is 2. The molecule has 4 heterocycles. The van der Waals surface area contributed by atoms with Crippen molar-refractivity contribution in [3.63, 3.8) is 0 Å². The van der Waals surface area contributed by atoms with Gasteiger partial charge in [0.1, 0.15) is 23.8 Å². The summed E-state index contributed by atoms with van der Waals surface area (Å²) in [6.07, 6.45) is 2.89. The molecule has 3 fully saturated rings. The quantitative estimate of drug-likeness (QED) is 0.239. The summed E-state index contributed by atoms with van der Waals surface area (Å²) in [7, 11) is -0.402. The largest absolute Gasteiger partial charge is 0.494 e. The van der Waals surface area contributed by atoms with Crippen molar-refractivity contribution >= 4 is 29.7 Å². The highest BCUT2D eigenvalue weighted by Crippen LogP contribution is 2.50. The van der Waals surface area contributed by atoms with E-state index in [4.69, 9.17) is 23.8 Å². The smallest absolute Gasteiger partial charge is 0.488 e. The summed E-state index contributed by atoms with van der Waals surface area (Å²) < 4.78 is 24.7. The summed E-state index contributed by atoms with van der Waals surface area (Å²) in [4.78, 5) is 23.7. The molecule has 4 aliphatic rings. The summed E-state index contributed by atoms with van der Waals surface area (Å²) in [6.45, 7) is 14.5. The first kappa shape index (κ1) is 29.6. The normalized spacial score (nSPS) is 24.2. The number of aromatic nitrogens is 2. The van der Waals surface area contributed by atoms with Gasteiger partial charge in [0.05, 0.1) is 28.3 Å². The average molecular weight is 620 g/mol. The number of carbonyl (C=O) groups excluding carboxylic acids is 1. The molecule has 0 radical (unpaired) electrons. The Morgan fingerprint density at radius 2 is 1.67 bits per heavy atom. The van der Waals surface area contributed by atoms with Crippen LogP contribution in [0.2, 0.25) is 0 Å². The number of carbonyl (C=O) groups is 1. The number of nitrogens with one attached hydrogen (secondary N) is 1. The van der Waals surface area contributed by atoms with E-state index in [-0.39, 0.29) is 29.4 Å². The van der Waals surface area contributed by atoms with E-state index in [0.29, 0.717) is 12.5 Å². The van der Waals surface area contributed by atoms with Gasteiger partial charge in [-0.3, -0.25) is 4.90 Å². The number of rotatable bonds is 3. The third-order valence-corrected chi connectivity index (χ3v) is 10.6. The molecule has 1 aromatic heterocycles. The molecule has 1 N–H and O–H groups in total. The second kappa shape index (κ2) is 10.1. The summed E-state index contributed by atoms with van der Waals surface area (Å²) in [5, 5.41) is 0. The van der Waals surface area contributed by atoms with Crippen LogP contribution in [-0.2, 0) is 20.7 Å². The van der Waals surface area contributed by atoms with Gasteiger partial charge >= 0.3 is 13.2 Å². The molecule has 1 aliphatic carbocycles. The maximum atomic E-state index is 13.2. The number of hydrogen-bond donors (Lipinski definition) is 1. The minimum absolute atomic E-state index is 0.0908. The molecular weight excluding hydrogens is 577 g/mol. The van der Waals surface area contributed by atoms with Gasteiger partial charge in [0.25, 0.3) is 0 Å². The first-order valence-electron chi connectivity index (χ1n) is 16.5. The van der Waals surface area contributed by atoms with Gasteiger partial charge in [0, 0.05) is 11.6 Å². The van der Waals surface area contributed by atoms with E-state index in [1.54, 1.807) is 0 Å². The molecule has 3 aromatic carbocycles. The van der Waals surface area contributed by atoms with Crippen LogP contribution in [0.1, 0.15) is 85.2 Å². The molecule has 4 aromatic rings. The van der Waals surface area contributed by atoms with E-state index in [2.05, 4.69) is 87.3 Å². The first-order valence-corrected chi connectivity index (χ1v) is 16.5. The fraction of sp³-hybridized carbons (Fsp3) is 0.459. The summed E-state index contributed by atoms with van der Waals surface area (Å²) in [6, 6.07) is 19.3. The van der Waals surface area contributed by atoms with Crippen molar-refractivity contribution in [2.45, 2.75) is 103 Å². The molecule has 2 bridgehead atoms. The zero-order valence-corrected chi connectivity index (χ0v) is 27.8. The van der Waals surface area contributed by atoms with Crippen molar-refractivity contribution in [2.24, 2.45) is 5.92 Å². The van der Waals surface area contributed by atoms with Crippen LogP contribution in [0.15, 0.2) is 54.6 Å². The van der Waals surface area contributed by atoms with Gasteiger partial charge < -0.3 is 23.8 Å². The number of aromatic amines is 1. The Bertz CT molecular complexity index is 1860. The first-order chi connectivity index (χ1) is 21.8. The molecule has 3 aliphatic heterocycles. The number of ether oxygens (including phenoxy) is 2. The van der Waals surface area contributed by atoms with Gasteiger partial charge in [-0.05, 0) is 120 Å². The van der Waals surface area contributed by atoms with Gasteiger partial charge in [-0.2, -0.15) is 0 Å². The van der Waals surface area contributed by atoms with Gasteiger partial charge in [-0.1, -0.05) is 36.4 Å². The molecule has 1 amide bonds. The lowest BCUT2D eigenvalue weighted by atomic mass is 9.77. The Kier molecular flexibility index (Phi) is 6.49. The van der Waals surface area contributed by atoms with E-state index in [1.165, 1.54) is 5.56 Å². The Hall–Kier alpha value is -3.82. The van der Waals surface area contributed by atoms with Crippen molar-refractivity contribution in [3.8, 4) is 28.0 Å². The van der Waals surface area contributed by atoms with Gasteiger partial charge in [-0.25, -0.2) is 9.78 Å². The van der Waals surface area contributed by atoms with Crippen LogP contribution in [0.25, 0.3) is 33.3 Å². The van der Waals surface area contributed by atoms with Crippen LogP contribution in [0.5, 0.6) is 5.75 Å². The summed E-state index contributed by atoms with van der Waals surface area (Å²) >= 11 is 0. The highest BCUT2D eigenvalue weighted by Gasteiger charge is 2.52. The maximum Gasteiger partial charge on any atom is 0.494 e. The fourth-order valence-corrected chi connectivity index (χ4v) is 7.59. The highest BCUT2D eigenvalue weighted by molar-refractivity contribution is 6.62. The van der Waals surface area contributed by atoms with Crippen LogP contribution >= 0.6 is 0 Å². The Morgan fingerprint density at radius 3 is 2.43 bits per heavy atom. The topological polar surface area (TPSA) is 85.9 Å². The zero-order chi connectivity index (χ0) is 32.2. The summed E-state index contributed by atoms with van der Waals surface area (Å²) in [5.41, 5.74) is 7.07. The molecular formula is C37H42BN3O5. The van der Waals surface area contributed by atoms with Crippen molar-refractivity contribution in [1.29, 1.82) is 0 Å². The molecule has 8 rings (SSSR count). The predicted molar refractivity (Wildman–Crippen MR) is 179 cm³/mol. The maximum absolute atomic E-state index is 13.2. The highest BCUT2D eigenvalue weighted by atomic mass is 16.7. The SMILES string of the molecule is CC(C)(C)OC(=O)N1[C@@H]2CC[C@H](C2)[C@@H]1c1nc2ccc(-c3ccc4c(c3)OCc3cc(B5OC(C)(C)C(C)(C)O5)ccc3-4)cc2[nH]1. The number of benzene rings is 3. The Labute approximate surface area is 270 Å². The molecule has 3 atom stereocenters. The molecule has 0 spiro atoms. The number of H-pyrrole nitrogens is 1. The molecule has 238 valence electrons. The zero-order valence-electron chi connectivity index (χ0n) is 27.8. The lowest BCUT2D eigenvalue weighted by Crippen LogP contribution is -2.43. The third kappa shape index (κ3) is 4.82. The second-order valence-electron chi connectivity index (χ2n) is 15.4. The number of likely N-dealkylation sites (tertiary alicyclic amines) is 1. The number of hydrogen-bond acceptors (Lipinski definition) is 6. The Balaban J connectivity index is 1.05. The fourth-order valence-electron chi connectivity index (χ4n) is 7.59. The van der Waals surface area contributed by atoms with E-state index < -0.39 is 12.7 Å². The van der Waals surface area contributed by atoms with Crippen LogP contribution in [0.4, 0.5) is 4.79 Å². The van der Waals surface area contributed by atoms with Gasteiger partial charge in [0.2, 0.25) is 0 Å². The third-order valence-electron chi connectivity index (χ3n) is 10.6. The Morgan fingerprint density at radius 1 is 0.957 bits per heavy atom. The summed E-state index contributed by atoms with van der Waals surface area (Å²) in [5.74, 6) is 2.11. The number of piperidine rings is 1. The van der Waals surface area contributed by atoms with Crippen LogP contribution in [0, 0.1) is 5.92 Å². The molecule has 9 heteroatoms. The van der Waals surface area contributed by atoms with Crippen LogP contribution in [0.3, 0.4) is 0 Å². The van der Waals surface area contributed by atoms with E-state index in [1.807, 2.05) is 25.7 Å². The lowest BCUT2D eigenvalue weighted by Gasteiger charge is -2.35. The monoisotopic (exact) mass is 619 g/mol. The van der Waals surface area contributed by atoms with Crippen molar-refractivity contribution in [3.05, 3.63) is 66.0 Å². The van der Waals surface area contributed by atoms with Crippen molar-refractivity contribution in [2.75, 3.05) is 0 Å². The van der Waals surface area contributed by atoms with Crippen LogP contribution < -0.4 is 10.2 Å². The number of amides is 1. The van der Waals surface area contributed by atoms with Gasteiger partial charge in [-0.15, -0.1) is 0 Å². The second-order valence-corrected chi connectivity index (χ2v) is 15.4.